The lowest BCUT2D eigenvalue weighted by Crippen LogP contribution is -2.51. The van der Waals surface area contributed by atoms with Crippen LogP contribution in [0.2, 0.25) is 0 Å². The summed E-state index contributed by atoms with van der Waals surface area (Å²) in [6.45, 7) is 9.53. The van der Waals surface area contributed by atoms with Crippen molar-refractivity contribution in [3.05, 3.63) is 107 Å². The third-order valence-electron chi connectivity index (χ3n) is 13.6. The van der Waals surface area contributed by atoms with E-state index in [0.29, 0.717) is 6.54 Å². The Bertz CT molecular complexity index is 2480. The number of alkyl carbamates (subject to hydrolysis) is 1. The molecule has 11 nitrogen and oxygen atoms in total. The van der Waals surface area contributed by atoms with Crippen molar-refractivity contribution in [2.24, 2.45) is 22.7 Å². The molecule has 16 heteroatoms. The quantitative estimate of drug-likeness (QED) is 0.126. The molecule has 64 heavy (non-hydrogen) atoms. The molecule has 5 atom stereocenters. The molecule has 2 aliphatic carbocycles. The molecule has 5 aromatic rings. The van der Waals surface area contributed by atoms with E-state index in [1.807, 2.05) is 85.6 Å². The maximum absolute atomic E-state index is 14.1. The van der Waals surface area contributed by atoms with Gasteiger partial charge in [-0.05, 0) is 103 Å². The molecule has 2 saturated carbocycles. The number of hydrogen-bond donors (Lipinski definition) is 3. The van der Waals surface area contributed by atoms with Crippen molar-refractivity contribution in [3.63, 3.8) is 0 Å². The van der Waals surface area contributed by atoms with Gasteiger partial charge in [0.05, 0.1) is 42.1 Å². The highest BCUT2D eigenvalue weighted by Crippen LogP contribution is 2.59. The zero-order valence-electron chi connectivity index (χ0n) is 37.0. The van der Waals surface area contributed by atoms with Gasteiger partial charge in [0.15, 0.2) is 0 Å². The summed E-state index contributed by atoms with van der Waals surface area (Å²) in [7, 11) is 1.31. The number of likely N-dealkylation sites (tertiary alicyclic amines) is 2. The Morgan fingerprint density at radius 1 is 0.750 bits per heavy atom. The Kier molecular flexibility index (Phi) is 17.2. The van der Waals surface area contributed by atoms with Gasteiger partial charge in [-0.2, -0.15) is 67.5 Å². The summed E-state index contributed by atoms with van der Waals surface area (Å²) in [4.78, 5) is 60.9. The van der Waals surface area contributed by atoms with Crippen molar-refractivity contribution < 1.29 is 19.1 Å². The first-order valence-corrected chi connectivity index (χ1v) is 21.1. The van der Waals surface area contributed by atoms with Crippen molar-refractivity contribution in [2.75, 3.05) is 20.2 Å². The topological polar surface area (TPSA) is 136 Å². The van der Waals surface area contributed by atoms with Crippen molar-refractivity contribution in [2.45, 2.75) is 90.3 Å². The van der Waals surface area contributed by atoms with Gasteiger partial charge >= 0.3 is 6.09 Å². The number of fused-ring (bicyclic) bond motifs is 1. The summed E-state index contributed by atoms with van der Waals surface area (Å²) < 4.78 is 4.81. The molecular weight excluding hydrogens is 899 g/mol. The first-order chi connectivity index (χ1) is 28.4. The summed E-state index contributed by atoms with van der Waals surface area (Å²) in [6.07, 6.45) is 7.53. The van der Waals surface area contributed by atoms with Crippen LogP contribution >= 0.6 is 67.5 Å². The standard InChI is InChI=1S/C48H53N7O4.5H2S/c1-29(2)41(53-46(58)59-5)45(57)55-28-47(19-20-47)24-39(55)42-49-26-38(52-42)35-16-13-32(14-17-35)11-12-33-15-18-36-37(23-33)51-43(50-36)40-25-48(21-22-48)27-54(40)44(56)31(4)30(3)34-9-7-6-8-10-34;;;;;/h6-10,13-18,23,26,29-31,39-41H,19-22,24-25,27-28H2,1-5H3,(H,49,52)(H,50,51)(H,53,58);5*1H2/t30?,31-,39-,40-,41-;;;;;/m0...../s1. The number of aromatic amines is 2. The Hall–Kier alpha value is -4.14. The maximum atomic E-state index is 14.1. The molecule has 3 amide bonds. The smallest absolute Gasteiger partial charge is 0.407 e. The fourth-order valence-corrected chi connectivity index (χ4v) is 9.34. The van der Waals surface area contributed by atoms with E-state index in [9.17, 15) is 14.4 Å². The van der Waals surface area contributed by atoms with Crippen LogP contribution in [-0.2, 0) is 14.3 Å². The highest BCUT2D eigenvalue weighted by Gasteiger charge is 2.56. The summed E-state index contributed by atoms with van der Waals surface area (Å²) in [5.74, 6) is 8.24. The fraction of sp³-hybridized carbons (Fsp3) is 0.438. The number of H-pyrrole nitrogens is 2. The van der Waals surface area contributed by atoms with Crippen molar-refractivity contribution in [3.8, 4) is 23.1 Å². The molecule has 4 heterocycles. The maximum Gasteiger partial charge on any atom is 0.407 e. The predicted octanol–water partition coefficient (Wildman–Crippen LogP) is 8.84. The second-order valence-corrected chi connectivity index (χ2v) is 18.1. The highest BCUT2D eigenvalue weighted by atomic mass is 32.1. The number of carbonyl (C=O) groups excluding carboxylic acids is 3. The van der Waals surface area contributed by atoms with Crippen molar-refractivity contribution in [1.29, 1.82) is 0 Å². The lowest BCUT2D eigenvalue weighted by atomic mass is 9.88. The van der Waals surface area contributed by atoms with Crippen LogP contribution in [0.5, 0.6) is 0 Å². The van der Waals surface area contributed by atoms with Crippen LogP contribution in [-0.4, -0.2) is 73.9 Å². The summed E-state index contributed by atoms with van der Waals surface area (Å²) in [5.41, 5.74) is 6.93. The number of imidazole rings is 2. The number of hydrogen-bond acceptors (Lipinski definition) is 6. The SMILES string of the molecule is COC(=O)N[C@H](C(=O)N1CC2(CC2)C[C@H]1c1ncc(-c2ccc(C#Cc3ccc4nc([C@@H]5CC6(CC6)CN5C(=O)[C@@H](C)C(C)c5ccccc5)[nH]c4c3)cc2)[nH]1)C(C)C.S.S.S.S.S. The molecule has 2 saturated heterocycles. The zero-order valence-corrected chi connectivity index (χ0v) is 42.0. The minimum absolute atomic E-state index is 0. The summed E-state index contributed by atoms with van der Waals surface area (Å²) in [6, 6.07) is 23.5. The molecule has 2 spiro atoms. The first-order valence-electron chi connectivity index (χ1n) is 21.1. The van der Waals surface area contributed by atoms with E-state index in [4.69, 9.17) is 14.7 Å². The Balaban J connectivity index is 0.00000180. The Morgan fingerprint density at radius 2 is 1.33 bits per heavy atom. The summed E-state index contributed by atoms with van der Waals surface area (Å²) in [5, 5.41) is 2.75. The van der Waals surface area contributed by atoms with Crippen LogP contribution in [0.4, 0.5) is 4.79 Å². The molecule has 3 N–H and O–H groups in total. The molecule has 344 valence electrons. The van der Waals surface area contributed by atoms with Gasteiger partial charge in [-0.15, -0.1) is 0 Å². The van der Waals surface area contributed by atoms with E-state index >= 15 is 0 Å². The number of nitrogens with one attached hydrogen (secondary N) is 3. The third kappa shape index (κ3) is 10.6. The second kappa shape index (κ2) is 21.0. The molecule has 4 fully saturated rings. The van der Waals surface area contributed by atoms with Gasteiger partial charge in [0.1, 0.15) is 17.7 Å². The number of carbonyl (C=O) groups is 3. The summed E-state index contributed by atoms with van der Waals surface area (Å²) >= 11 is 0. The lowest BCUT2D eigenvalue weighted by Gasteiger charge is -2.30. The van der Waals surface area contributed by atoms with Crippen LogP contribution < -0.4 is 5.32 Å². The van der Waals surface area contributed by atoms with Gasteiger partial charge in [0.25, 0.3) is 0 Å². The molecule has 3 aromatic carbocycles. The molecule has 2 aliphatic heterocycles. The molecule has 4 aliphatic rings. The van der Waals surface area contributed by atoms with E-state index in [1.165, 1.54) is 25.5 Å². The number of ether oxygens (including phenoxy) is 1. The minimum atomic E-state index is -0.681. The third-order valence-corrected chi connectivity index (χ3v) is 13.6. The number of nitrogens with zero attached hydrogens (tertiary/aromatic N) is 4. The van der Waals surface area contributed by atoms with Gasteiger partial charge in [-0.1, -0.05) is 82.0 Å². The van der Waals surface area contributed by atoms with Crippen LogP contribution in [0.1, 0.15) is 113 Å². The minimum Gasteiger partial charge on any atom is -0.453 e. The van der Waals surface area contributed by atoms with E-state index in [2.05, 4.69) is 58.0 Å². The monoisotopic (exact) mass is 961 g/mol. The molecule has 1 unspecified atom stereocenters. The average molecular weight is 962 g/mol. The van der Waals surface area contributed by atoms with E-state index < -0.39 is 12.1 Å². The molecule has 2 aromatic heterocycles. The lowest BCUT2D eigenvalue weighted by molar-refractivity contribution is -0.137. The number of rotatable bonds is 9. The van der Waals surface area contributed by atoms with E-state index in [-0.39, 0.29) is 120 Å². The molecule has 9 rings (SSSR count). The number of amides is 3. The van der Waals surface area contributed by atoms with E-state index in [1.54, 1.807) is 0 Å². The Labute approximate surface area is 411 Å². The number of aromatic nitrogens is 4. The first kappa shape index (κ1) is 52.5. The number of benzene rings is 3. The van der Waals surface area contributed by atoms with Crippen LogP contribution in [0.15, 0.2) is 79.0 Å². The Morgan fingerprint density at radius 3 is 1.92 bits per heavy atom. The fourth-order valence-electron chi connectivity index (χ4n) is 9.34. The zero-order chi connectivity index (χ0) is 41.1. The predicted molar refractivity (Wildman–Crippen MR) is 278 cm³/mol. The van der Waals surface area contributed by atoms with Crippen molar-refractivity contribution in [1.82, 2.24) is 35.1 Å². The molecule has 0 radical (unpaired) electrons. The average Bonchev–Trinajstić information content (AvgIpc) is 3.87. The van der Waals surface area contributed by atoms with Gasteiger partial charge in [0, 0.05) is 30.1 Å². The highest BCUT2D eigenvalue weighted by molar-refractivity contribution is 7.60. The van der Waals surface area contributed by atoms with Crippen LogP contribution in [0.3, 0.4) is 0 Å². The van der Waals surface area contributed by atoms with Gasteiger partial charge in [-0.3, -0.25) is 9.59 Å². The normalized spacial score (nSPS) is 19.7. The van der Waals surface area contributed by atoms with Gasteiger partial charge < -0.3 is 29.8 Å². The van der Waals surface area contributed by atoms with Crippen LogP contribution in [0, 0.1) is 34.5 Å². The second-order valence-electron chi connectivity index (χ2n) is 18.1. The van der Waals surface area contributed by atoms with Crippen LogP contribution in [0.25, 0.3) is 22.3 Å². The van der Waals surface area contributed by atoms with Crippen molar-refractivity contribution >= 4 is 96.4 Å². The number of methoxy groups -OCH3 is 1. The van der Waals surface area contributed by atoms with E-state index in [0.717, 1.165) is 77.3 Å². The largest absolute Gasteiger partial charge is 0.453 e. The van der Waals surface area contributed by atoms with Gasteiger partial charge in [-0.25, -0.2) is 14.8 Å². The molecular formula is C48H63N7O4S5. The van der Waals surface area contributed by atoms with Gasteiger partial charge in [0.2, 0.25) is 11.8 Å². The molecule has 0 bridgehead atoms.